The highest BCUT2D eigenvalue weighted by molar-refractivity contribution is 7.92. The van der Waals surface area contributed by atoms with E-state index in [-0.39, 0.29) is 0 Å². The predicted octanol–water partition coefficient (Wildman–Crippen LogP) is -0.546. The number of nitrogens with zero attached hydrogens (tertiary/aromatic N) is 1. The smallest absolute Gasteiger partial charge is 0.151 e. The van der Waals surface area contributed by atoms with Gasteiger partial charge < -0.3 is 10.6 Å². The summed E-state index contributed by atoms with van der Waals surface area (Å²) in [7, 11) is -2.64. The van der Waals surface area contributed by atoms with Gasteiger partial charge in [0, 0.05) is 12.6 Å². The molecule has 0 saturated carbocycles. The zero-order valence-electron chi connectivity index (χ0n) is 8.35. The second-order valence-corrected chi connectivity index (χ2v) is 6.73. The third kappa shape index (κ3) is 2.46. The van der Waals surface area contributed by atoms with Gasteiger partial charge in [0.05, 0.1) is 11.5 Å². The zero-order chi connectivity index (χ0) is 10.2. The number of rotatable bonds is 2. The van der Waals surface area contributed by atoms with Gasteiger partial charge in [-0.3, -0.25) is 0 Å². The summed E-state index contributed by atoms with van der Waals surface area (Å²) in [5.41, 5.74) is 5.79. The van der Waals surface area contributed by atoms with Crippen LogP contribution in [-0.2, 0) is 9.84 Å². The van der Waals surface area contributed by atoms with Crippen molar-refractivity contribution in [2.24, 2.45) is 11.7 Å². The average Bonchev–Trinajstić information content (AvgIpc) is 2.06. The van der Waals surface area contributed by atoms with E-state index in [0.29, 0.717) is 23.5 Å². The van der Waals surface area contributed by atoms with E-state index >= 15 is 0 Å². The van der Waals surface area contributed by atoms with Crippen LogP contribution in [0.2, 0.25) is 0 Å². The van der Waals surface area contributed by atoms with Crippen LogP contribution in [-0.4, -0.2) is 50.5 Å². The van der Waals surface area contributed by atoms with E-state index in [4.69, 9.17) is 5.73 Å². The lowest BCUT2D eigenvalue weighted by atomic mass is 10.0. The number of hydrogen-bond acceptors (Lipinski definition) is 4. The monoisotopic (exact) mass is 218 g/mol. The number of hydrogen-bond donors (Lipinski definition) is 1. The molecule has 0 aromatic rings. The molecule has 2 saturated heterocycles. The molecule has 0 spiro atoms. The minimum Gasteiger partial charge on any atom is -0.328 e. The van der Waals surface area contributed by atoms with E-state index in [1.165, 1.54) is 0 Å². The van der Waals surface area contributed by atoms with Crippen LogP contribution < -0.4 is 5.73 Å². The maximum Gasteiger partial charge on any atom is 0.151 e. The number of likely N-dealkylation sites (tertiary alicyclic amines) is 1. The molecule has 5 heteroatoms. The van der Waals surface area contributed by atoms with E-state index in [1.807, 2.05) is 0 Å². The summed E-state index contributed by atoms with van der Waals surface area (Å²) in [6.45, 7) is 3.03. The molecule has 2 N–H and O–H groups in total. The molecule has 0 aromatic heterocycles. The summed E-state index contributed by atoms with van der Waals surface area (Å²) in [5, 5.41) is 0. The first-order chi connectivity index (χ1) is 6.55. The minimum atomic E-state index is -2.64. The van der Waals surface area contributed by atoms with Gasteiger partial charge >= 0.3 is 0 Å². The molecule has 2 aliphatic heterocycles. The van der Waals surface area contributed by atoms with Gasteiger partial charge in [-0.15, -0.1) is 0 Å². The summed E-state index contributed by atoms with van der Waals surface area (Å²) in [4.78, 5) is 2.35. The van der Waals surface area contributed by atoms with Crippen LogP contribution >= 0.6 is 0 Å². The Kier molecular flexibility index (Phi) is 2.81. The fourth-order valence-electron chi connectivity index (χ4n) is 2.28. The van der Waals surface area contributed by atoms with Crippen molar-refractivity contribution < 1.29 is 8.42 Å². The molecule has 2 fully saturated rings. The van der Waals surface area contributed by atoms with Gasteiger partial charge in [0.2, 0.25) is 0 Å². The Labute approximate surface area is 85.4 Å². The molecule has 0 atom stereocenters. The lowest BCUT2D eigenvalue weighted by molar-refractivity contribution is 0.190. The van der Waals surface area contributed by atoms with Crippen LogP contribution in [0.4, 0.5) is 0 Å². The Morgan fingerprint density at radius 2 is 1.79 bits per heavy atom. The Bertz CT molecular complexity index is 282. The molecule has 0 radical (unpaired) electrons. The van der Waals surface area contributed by atoms with E-state index in [9.17, 15) is 8.42 Å². The molecular formula is C9H18N2O2S. The molecule has 2 aliphatic rings. The highest BCUT2D eigenvalue weighted by Gasteiger charge is 2.34. The first kappa shape index (κ1) is 10.4. The highest BCUT2D eigenvalue weighted by Crippen LogP contribution is 2.20. The highest BCUT2D eigenvalue weighted by atomic mass is 32.2. The second-order valence-electron chi connectivity index (χ2n) is 4.58. The van der Waals surface area contributed by atoms with E-state index < -0.39 is 9.84 Å². The van der Waals surface area contributed by atoms with Gasteiger partial charge in [-0.05, 0) is 31.8 Å². The summed E-state index contributed by atoms with van der Waals surface area (Å²) in [5.74, 6) is 1.18. The summed E-state index contributed by atoms with van der Waals surface area (Å²) in [6.07, 6.45) is 2.11. The van der Waals surface area contributed by atoms with Gasteiger partial charge in [0.25, 0.3) is 0 Å². The summed E-state index contributed by atoms with van der Waals surface area (Å²) in [6, 6.07) is 0.358. The molecule has 2 heterocycles. The molecule has 0 aliphatic carbocycles. The lowest BCUT2D eigenvalue weighted by Crippen LogP contribution is -2.47. The van der Waals surface area contributed by atoms with E-state index in [1.54, 1.807) is 0 Å². The van der Waals surface area contributed by atoms with Crippen LogP contribution in [0.5, 0.6) is 0 Å². The fraction of sp³-hybridized carbons (Fsp3) is 1.00. The first-order valence-electron chi connectivity index (χ1n) is 5.23. The molecule has 2 rings (SSSR count). The van der Waals surface area contributed by atoms with Crippen LogP contribution in [0.15, 0.2) is 0 Å². The predicted molar refractivity (Wildman–Crippen MR) is 55.8 cm³/mol. The Morgan fingerprint density at radius 3 is 2.29 bits per heavy atom. The number of sulfone groups is 1. The van der Waals surface area contributed by atoms with Gasteiger partial charge in [-0.25, -0.2) is 8.42 Å². The summed E-state index contributed by atoms with van der Waals surface area (Å²) >= 11 is 0. The third-order valence-corrected chi connectivity index (χ3v) is 5.09. The largest absolute Gasteiger partial charge is 0.328 e. The normalized spacial score (nSPS) is 30.1. The van der Waals surface area contributed by atoms with Crippen LogP contribution in [0.1, 0.15) is 12.8 Å². The Hall–Kier alpha value is -0.130. The van der Waals surface area contributed by atoms with Crippen molar-refractivity contribution in [3.63, 3.8) is 0 Å². The number of piperidine rings is 1. The standard InChI is InChI=1S/C9H18N2O2S/c10-9-1-3-11(4-2-9)5-8-6-14(12,13)7-8/h8-9H,1-7,10H2. The van der Waals surface area contributed by atoms with Gasteiger partial charge in [-0.1, -0.05) is 0 Å². The SMILES string of the molecule is NC1CCN(CC2CS(=O)(=O)C2)CC1. The van der Waals surface area contributed by atoms with E-state index in [0.717, 1.165) is 32.5 Å². The van der Waals surface area contributed by atoms with Crippen molar-refractivity contribution in [2.75, 3.05) is 31.1 Å². The van der Waals surface area contributed by atoms with Gasteiger partial charge in [0.1, 0.15) is 0 Å². The Balaban J connectivity index is 1.72. The topological polar surface area (TPSA) is 63.4 Å². The molecule has 0 amide bonds. The molecule has 0 bridgehead atoms. The molecule has 82 valence electrons. The molecule has 4 nitrogen and oxygen atoms in total. The lowest BCUT2D eigenvalue weighted by Gasteiger charge is -2.35. The average molecular weight is 218 g/mol. The van der Waals surface area contributed by atoms with Crippen LogP contribution in [0.25, 0.3) is 0 Å². The van der Waals surface area contributed by atoms with Crippen molar-refractivity contribution >= 4 is 9.84 Å². The quantitative estimate of drug-likeness (QED) is 0.676. The van der Waals surface area contributed by atoms with Crippen molar-refractivity contribution in [3.05, 3.63) is 0 Å². The zero-order valence-corrected chi connectivity index (χ0v) is 9.17. The second kappa shape index (κ2) is 3.79. The van der Waals surface area contributed by atoms with Crippen molar-refractivity contribution in [2.45, 2.75) is 18.9 Å². The van der Waals surface area contributed by atoms with Crippen molar-refractivity contribution in [1.82, 2.24) is 4.90 Å². The third-order valence-electron chi connectivity index (χ3n) is 3.13. The molecule has 0 aromatic carbocycles. The number of nitrogens with two attached hydrogens (primary N) is 1. The van der Waals surface area contributed by atoms with Crippen molar-refractivity contribution in [3.8, 4) is 0 Å². The van der Waals surface area contributed by atoms with Gasteiger partial charge in [0.15, 0.2) is 9.84 Å². The summed E-state index contributed by atoms with van der Waals surface area (Å²) < 4.78 is 21.9. The maximum atomic E-state index is 11.0. The molecule has 14 heavy (non-hydrogen) atoms. The molecule has 0 unspecified atom stereocenters. The van der Waals surface area contributed by atoms with Gasteiger partial charge in [-0.2, -0.15) is 0 Å². The molecular weight excluding hydrogens is 200 g/mol. The minimum absolute atomic E-state index is 0.358. The fourth-order valence-corrected chi connectivity index (χ4v) is 3.83. The van der Waals surface area contributed by atoms with E-state index in [2.05, 4.69) is 4.90 Å². The van der Waals surface area contributed by atoms with Crippen LogP contribution in [0, 0.1) is 5.92 Å². The van der Waals surface area contributed by atoms with Crippen molar-refractivity contribution in [1.29, 1.82) is 0 Å². The Morgan fingerprint density at radius 1 is 1.21 bits per heavy atom. The maximum absolute atomic E-state index is 11.0. The first-order valence-corrected chi connectivity index (χ1v) is 7.06. The van der Waals surface area contributed by atoms with Crippen LogP contribution in [0.3, 0.4) is 0 Å².